The van der Waals surface area contributed by atoms with Gasteiger partial charge < -0.3 is 10.4 Å². The molecule has 0 amide bonds. The quantitative estimate of drug-likeness (QED) is 0.761. The molecule has 1 aromatic carbocycles. The van der Waals surface area contributed by atoms with Crippen molar-refractivity contribution in [2.24, 2.45) is 5.92 Å². The number of aryl methyl sites for hydroxylation is 1. The first kappa shape index (κ1) is 14.2. The van der Waals surface area contributed by atoms with Crippen LogP contribution in [0.4, 0.5) is 0 Å². The van der Waals surface area contributed by atoms with Crippen molar-refractivity contribution in [3.05, 3.63) is 35.4 Å². The maximum atomic E-state index is 9.02. The molecule has 2 atom stereocenters. The number of aliphatic hydroxyl groups is 1. The normalized spacial score (nSPS) is 14.6. The zero-order valence-corrected chi connectivity index (χ0v) is 11.2. The van der Waals surface area contributed by atoms with Gasteiger partial charge in [0.25, 0.3) is 0 Å². The highest BCUT2D eigenvalue weighted by atomic mass is 16.3. The van der Waals surface area contributed by atoms with Gasteiger partial charge in [-0.05, 0) is 29.9 Å². The third-order valence-corrected chi connectivity index (χ3v) is 3.22. The fourth-order valence-electron chi connectivity index (χ4n) is 1.89. The molecule has 0 radical (unpaired) electrons. The van der Waals surface area contributed by atoms with Crippen LogP contribution in [0.3, 0.4) is 0 Å². The first-order valence-corrected chi connectivity index (χ1v) is 6.64. The van der Waals surface area contributed by atoms with Crippen molar-refractivity contribution >= 4 is 0 Å². The Morgan fingerprint density at radius 3 is 2.29 bits per heavy atom. The minimum Gasteiger partial charge on any atom is -0.396 e. The highest BCUT2D eigenvalue weighted by Gasteiger charge is 2.09. The van der Waals surface area contributed by atoms with Crippen molar-refractivity contribution in [3.63, 3.8) is 0 Å². The maximum Gasteiger partial charge on any atom is 0.0468 e. The second-order valence-electron chi connectivity index (χ2n) is 4.75. The molecule has 2 N–H and O–H groups in total. The van der Waals surface area contributed by atoms with Crippen LogP contribution in [0.5, 0.6) is 0 Å². The maximum absolute atomic E-state index is 9.02. The molecule has 0 spiro atoms. The molecular formula is C15H25NO. The van der Waals surface area contributed by atoms with Gasteiger partial charge >= 0.3 is 0 Å². The molecule has 0 aromatic heterocycles. The van der Waals surface area contributed by atoms with Gasteiger partial charge in [-0.1, -0.05) is 45.0 Å². The topological polar surface area (TPSA) is 32.3 Å². The van der Waals surface area contributed by atoms with E-state index in [9.17, 15) is 0 Å². The predicted octanol–water partition coefficient (Wildman–Crippen LogP) is 2.92. The summed E-state index contributed by atoms with van der Waals surface area (Å²) in [5, 5.41) is 12.5. The lowest BCUT2D eigenvalue weighted by atomic mass is 10.0. The van der Waals surface area contributed by atoms with Crippen molar-refractivity contribution in [3.8, 4) is 0 Å². The standard InChI is InChI=1S/C15H25NO/c1-4-13-6-8-14(9-7-13)15(5-2)16-10-12(3)11-17/h6-9,12,15-17H,4-5,10-11H2,1-3H3. The summed E-state index contributed by atoms with van der Waals surface area (Å²) >= 11 is 0. The zero-order valence-electron chi connectivity index (χ0n) is 11.2. The van der Waals surface area contributed by atoms with E-state index in [-0.39, 0.29) is 6.61 Å². The van der Waals surface area contributed by atoms with Crippen molar-refractivity contribution < 1.29 is 5.11 Å². The summed E-state index contributed by atoms with van der Waals surface area (Å²) in [7, 11) is 0. The summed E-state index contributed by atoms with van der Waals surface area (Å²) in [6.45, 7) is 7.53. The summed E-state index contributed by atoms with van der Waals surface area (Å²) in [5.74, 6) is 0.318. The lowest BCUT2D eigenvalue weighted by Crippen LogP contribution is -2.27. The Kier molecular flexibility index (Phi) is 6.23. The second-order valence-corrected chi connectivity index (χ2v) is 4.75. The molecule has 0 aliphatic rings. The van der Waals surface area contributed by atoms with Gasteiger partial charge in [-0.2, -0.15) is 0 Å². The number of aliphatic hydroxyl groups excluding tert-OH is 1. The highest BCUT2D eigenvalue weighted by Crippen LogP contribution is 2.17. The molecule has 0 aliphatic heterocycles. The number of hydrogen-bond donors (Lipinski definition) is 2. The van der Waals surface area contributed by atoms with Crippen LogP contribution in [0.1, 0.15) is 44.4 Å². The van der Waals surface area contributed by atoms with Crippen LogP contribution in [-0.4, -0.2) is 18.3 Å². The molecule has 0 aliphatic carbocycles. The number of rotatable bonds is 7. The molecule has 96 valence electrons. The lowest BCUT2D eigenvalue weighted by Gasteiger charge is -2.19. The van der Waals surface area contributed by atoms with E-state index in [2.05, 4.69) is 50.4 Å². The largest absolute Gasteiger partial charge is 0.396 e. The Morgan fingerprint density at radius 1 is 1.18 bits per heavy atom. The highest BCUT2D eigenvalue weighted by molar-refractivity contribution is 5.25. The van der Waals surface area contributed by atoms with Crippen molar-refractivity contribution in [2.45, 2.75) is 39.7 Å². The van der Waals surface area contributed by atoms with Gasteiger partial charge in [0.05, 0.1) is 0 Å². The van der Waals surface area contributed by atoms with Crippen LogP contribution in [0.2, 0.25) is 0 Å². The van der Waals surface area contributed by atoms with E-state index < -0.39 is 0 Å². The zero-order chi connectivity index (χ0) is 12.7. The van der Waals surface area contributed by atoms with Gasteiger partial charge in [0, 0.05) is 19.2 Å². The van der Waals surface area contributed by atoms with Crippen molar-refractivity contribution in [1.29, 1.82) is 0 Å². The van der Waals surface area contributed by atoms with E-state index in [0.29, 0.717) is 12.0 Å². The molecule has 17 heavy (non-hydrogen) atoms. The molecular weight excluding hydrogens is 210 g/mol. The Morgan fingerprint density at radius 2 is 1.82 bits per heavy atom. The van der Waals surface area contributed by atoms with E-state index in [0.717, 1.165) is 19.4 Å². The molecule has 0 saturated heterocycles. The average Bonchev–Trinajstić information content (AvgIpc) is 2.39. The third kappa shape index (κ3) is 4.49. The summed E-state index contributed by atoms with van der Waals surface area (Å²) in [4.78, 5) is 0. The predicted molar refractivity (Wildman–Crippen MR) is 73.1 cm³/mol. The fraction of sp³-hybridized carbons (Fsp3) is 0.600. The van der Waals surface area contributed by atoms with Crippen LogP contribution in [-0.2, 0) is 6.42 Å². The van der Waals surface area contributed by atoms with Gasteiger partial charge in [-0.25, -0.2) is 0 Å². The molecule has 0 bridgehead atoms. The summed E-state index contributed by atoms with van der Waals surface area (Å²) in [6.07, 6.45) is 2.16. The minimum atomic E-state index is 0.248. The number of hydrogen-bond acceptors (Lipinski definition) is 2. The molecule has 0 heterocycles. The van der Waals surface area contributed by atoms with Crippen molar-refractivity contribution in [1.82, 2.24) is 5.32 Å². The molecule has 2 heteroatoms. The van der Waals surface area contributed by atoms with Crippen molar-refractivity contribution in [2.75, 3.05) is 13.2 Å². The monoisotopic (exact) mass is 235 g/mol. The Bertz CT molecular complexity index is 307. The molecule has 1 aromatic rings. The average molecular weight is 235 g/mol. The first-order valence-electron chi connectivity index (χ1n) is 6.64. The molecule has 0 fully saturated rings. The summed E-state index contributed by atoms with van der Waals surface area (Å²) < 4.78 is 0. The SMILES string of the molecule is CCc1ccc(C(CC)NCC(C)CO)cc1. The van der Waals surface area contributed by atoms with Gasteiger partial charge in [0.15, 0.2) is 0 Å². The van der Waals surface area contributed by atoms with Crippen LogP contribution >= 0.6 is 0 Å². The van der Waals surface area contributed by atoms with Crippen LogP contribution in [0.25, 0.3) is 0 Å². The smallest absolute Gasteiger partial charge is 0.0468 e. The fourth-order valence-corrected chi connectivity index (χ4v) is 1.89. The number of nitrogens with one attached hydrogen (secondary N) is 1. The Balaban J connectivity index is 2.59. The lowest BCUT2D eigenvalue weighted by molar-refractivity contribution is 0.229. The molecule has 2 unspecified atom stereocenters. The van der Waals surface area contributed by atoms with E-state index >= 15 is 0 Å². The third-order valence-electron chi connectivity index (χ3n) is 3.22. The van der Waals surface area contributed by atoms with Crippen LogP contribution < -0.4 is 5.32 Å². The van der Waals surface area contributed by atoms with Crippen LogP contribution in [0, 0.1) is 5.92 Å². The summed E-state index contributed by atoms with van der Waals surface area (Å²) in [6, 6.07) is 9.23. The van der Waals surface area contributed by atoms with Crippen LogP contribution in [0.15, 0.2) is 24.3 Å². The van der Waals surface area contributed by atoms with Gasteiger partial charge in [0.1, 0.15) is 0 Å². The van der Waals surface area contributed by atoms with E-state index in [1.807, 2.05) is 0 Å². The van der Waals surface area contributed by atoms with E-state index in [1.54, 1.807) is 0 Å². The second kappa shape index (κ2) is 7.46. The van der Waals surface area contributed by atoms with Gasteiger partial charge in [-0.15, -0.1) is 0 Å². The minimum absolute atomic E-state index is 0.248. The van der Waals surface area contributed by atoms with Gasteiger partial charge in [-0.3, -0.25) is 0 Å². The van der Waals surface area contributed by atoms with E-state index in [1.165, 1.54) is 11.1 Å². The number of benzene rings is 1. The Hall–Kier alpha value is -0.860. The molecule has 2 nitrogen and oxygen atoms in total. The Labute approximate surface area is 105 Å². The van der Waals surface area contributed by atoms with E-state index in [4.69, 9.17) is 5.11 Å². The molecule has 0 saturated carbocycles. The molecule has 1 rings (SSSR count). The van der Waals surface area contributed by atoms with Gasteiger partial charge in [0.2, 0.25) is 0 Å². The first-order chi connectivity index (χ1) is 8.21. The summed E-state index contributed by atoms with van der Waals surface area (Å²) in [5.41, 5.74) is 2.72.